The summed E-state index contributed by atoms with van der Waals surface area (Å²) < 4.78 is 6.33. The minimum atomic E-state index is -0.373. The first kappa shape index (κ1) is 57.9. The molecule has 0 saturated carbocycles. The highest BCUT2D eigenvalue weighted by Crippen LogP contribution is 2.81. The Morgan fingerprint density at radius 3 is 0.661 bits per heavy atom. The highest BCUT2D eigenvalue weighted by Gasteiger charge is 2.37. The van der Waals surface area contributed by atoms with Gasteiger partial charge in [-0.2, -0.15) is 0 Å². The zero-order valence-corrected chi connectivity index (χ0v) is 44.6. The van der Waals surface area contributed by atoms with E-state index >= 15 is 0 Å². The molecule has 62 heavy (non-hydrogen) atoms. The lowest BCUT2D eigenvalue weighted by molar-refractivity contribution is 0.406. The zero-order valence-electron chi connectivity index (χ0n) is 42.8. The summed E-state index contributed by atoms with van der Waals surface area (Å²) in [4.78, 5) is 0. The van der Waals surface area contributed by atoms with Gasteiger partial charge in [-0.3, -0.25) is 9.34 Å². The van der Waals surface area contributed by atoms with Crippen molar-refractivity contribution in [3.63, 3.8) is 0 Å². The van der Waals surface area contributed by atoms with Gasteiger partial charge in [-0.05, 0) is 49.2 Å². The van der Waals surface area contributed by atoms with Gasteiger partial charge >= 0.3 is 0 Å². The van der Waals surface area contributed by atoms with Crippen molar-refractivity contribution in [1.82, 2.24) is 9.34 Å². The number of unbranched alkanes of at least 4 members (excludes halogenated alkanes) is 36. The quantitative estimate of drug-likeness (QED) is 0.0443. The van der Waals surface area contributed by atoms with Gasteiger partial charge in [0.2, 0.25) is 0 Å². The third-order valence-corrected chi connectivity index (χ3v) is 21.9. The summed E-state index contributed by atoms with van der Waals surface area (Å²) in [5, 5.41) is 3.60. The van der Waals surface area contributed by atoms with Crippen LogP contribution in [0.1, 0.15) is 297 Å². The monoisotopic (exact) mass is 897 g/mol. The Kier molecular flexibility index (Phi) is 41.6. The molecular formula is C58H110N2P2. The molecule has 4 heteroatoms. The molecule has 0 fully saturated rings. The second kappa shape index (κ2) is 44.6. The van der Waals surface area contributed by atoms with Crippen LogP contribution in [0.4, 0.5) is 0 Å². The van der Waals surface area contributed by atoms with Gasteiger partial charge in [0.15, 0.2) is 0 Å². The fourth-order valence-electron chi connectivity index (χ4n) is 9.74. The van der Waals surface area contributed by atoms with Crippen molar-refractivity contribution in [2.75, 3.05) is 26.2 Å². The second-order valence-electron chi connectivity index (χ2n) is 19.8. The van der Waals surface area contributed by atoms with E-state index in [4.69, 9.17) is 0 Å². The fourth-order valence-corrected chi connectivity index (χ4v) is 18.6. The highest BCUT2D eigenvalue weighted by atomic mass is 32.1. The number of nitrogens with zero attached hydrogens (tertiary/aromatic N) is 2. The molecule has 0 bridgehead atoms. The molecule has 0 aromatic heterocycles. The van der Waals surface area contributed by atoms with Crippen LogP contribution >= 0.6 is 15.5 Å². The van der Waals surface area contributed by atoms with E-state index < -0.39 is 0 Å². The van der Waals surface area contributed by atoms with Crippen LogP contribution in [0.5, 0.6) is 0 Å². The predicted octanol–water partition coefficient (Wildman–Crippen LogP) is 21.7. The average molecular weight is 897 g/mol. The number of hydrogen-bond donors (Lipinski definition) is 0. The standard InChI is InChI=1S/C58H110N2P2/c1-5-9-13-17-21-25-29-33-37-45-53-59(54-46-38-34-30-26-22-18-14-10-6-2)61(57-49-41-42-50-57)62(58-51-43-44-52-58)60(55-47-39-35-31-27-23-19-15-11-7-3)56-48-40-36-32-28-24-20-16-12-8-4/h41-44,49,51H,5-40,45-48,50,52-56H2,1-4H3. The van der Waals surface area contributed by atoms with Crippen LogP contribution in [0.2, 0.25) is 0 Å². The second-order valence-corrected chi connectivity index (χ2v) is 25.5. The maximum Gasteiger partial charge on any atom is 0.0378 e. The topological polar surface area (TPSA) is 6.48 Å². The Hall–Kier alpha value is -0.260. The Morgan fingerprint density at radius 1 is 0.290 bits per heavy atom. The molecule has 0 aliphatic heterocycles. The van der Waals surface area contributed by atoms with Crippen molar-refractivity contribution in [2.24, 2.45) is 0 Å². The van der Waals surface area contributed by atoms with Crippen LogP contribution in [0.15, 0.2) is 47.1 Å². The fraction of sp³-hybridized carbons (Fsp3) is 0.862. The normalized spacial score (nSPS) is 14.8. The van der Waals surface area contributed by atoms with E-state index in [1.807, 2.05) is 0 Å². The molecule has 362 valence electrons. The van der Waals surface area contributed by atoms with Gasteiger partial charge < -0.3 is 0 Å². The Morgan fingerprint density at radius 2 is 0.484 bits per heavy atom. The van der Waals surface area contributed by atoms with Crippen LogP contribution in [-0.2, 0) is 0 Å². The first-order valence-corrected chi connectivity index (χ1v) is 31.9. The molecule has 0 spiro atoms. The van der Waals surface area contributed by atoms with Gasteiger partial charge in [0.05, 0.1) is 0 Å². The van der Waals surface area contributed by atoms with E-state index in [0.29, 0.717) is 0 Å². The first-order chi connectivity index (χ1) is 30.8. The molecule has 2 atom stereocenters. The van der Waals surface area contributed by atoms with E-state index in [-0.39, 0.29) is 15.5 Å². The van der Waals surface area contributed by atoms with Gasteiger partial charge in [0.1, 0.15) is 0 Å². The van der Waals surface area contributed by atoms with E-state index in [9.17, 15) is 0 Å². The maximum atomic E-state index is 3.17. The molecule has 0 N–H and O–H groups in total. The van der Waals surface area contributed by atoms with Crippen molar-refractivity contribution in [3.8, 4) is 0 Å². The third-order valence-electron chi connectivity index (χ3n) is 13.8. The lowest BCUT2D eigenvalue weighted by atomic mass is 10.1. The molecule has 2 rings (SSSR count). The summed E-state index contributed by atoms with van der Waals surface area (Å²) >= 11 is 0. The van der Waals surface area contributed by atoms with Crippen molar-refractivity contribution < 1.29 is 0 Å². The van der Waals surface area contributed by atoms with Gasteiger partial charge in [0.25, 0.3) is 0 Å². The van der Waals surface area contributed by atoms with Gasteiger partial charge in [-0.1, -0.05) is 295 Å². The molecule has 0 saturated heterocycles. The lowest BCUT2D eigenvalue weighted by Crippen LogP contribution is -2.27. The van der Waals surface area contributed by atoms with Gasteiger partial charge in [-0.15, -0.1) is 0 Å². The molecule has 0 heterocycles. The summed E-state index contributed by atoms with van der Waals surface area (Å²) in [7, 11) is -0.746. The largest absolute Gasteiger partial charge is 0.274 e. The van der Waals surface area contributed by atoms with Crippen LogP contribution < -0.4 is 0 Å². The van der Waals surface area contributed by atoms with Crippen LogP contribution in [-0.4, -0.2) is 35.5 Å². The molecule has 2 unspecified atom stereocenters. The van der Waals surface area contributed by atoms with E-state index in [1.165, 1.54) is 296 Å². The van der Waals surface area contributed by atoms with Crippen molar-refractivity contribution >= 4 is 15.5 Å². The Balaban J connectivity index is 2.19. The molecule has 0 radical (unpaired) electrons. The highest BCUT2D eigenvalue weighted by molar-refractivity contribution is 8.31. The van der Waals surface area contributed by atoms with Gasteiger partial charge in [0, 0.05) is 41.7 Å². The van der Waals surface area contributed by atoms with E-state index in [0.717, 1.165) is 0 Å². The lowest BCUT2D eigenvalue weighted by Gasteiger charge is -2.44. The van der Waals surface area contributed by atoms with E-state index in [1.54, 1.807) is 10.6 Å². The number of rotatable bonds is 49. The first-order valence-electron chi connectivity index (χ1n) is 28.6. The summed E-state index contributed by atoms with van der Waals surface area (Å²) in [6.45, 7) is 14.6. The smallest absolute Gasteiger partial charge is 0.0378 e. The van der Waals surface area contributed by atoms with E-state index in [2.05, 4.69) is 73.5 Å². The number of allylic oxidation sites excluding steroid dienone is 8. The number of hydrogen-bond acceptors (Lipinski definition) is 2. The average Bonchev–Trinajstić information content (AvgIpc) is 4.03. The van der Waals surface area contributed by atoms with Crippen molar-refractivity contribution in [1.29, 1.82) is 0 Å². The van der Waals surface area contributed by atoms with Crippen molar-refractivity contribution in [3.05, 3.63) is 47.1 Å². The van der Waals surface area contributed by atoms with Crippen molar-refractivity contribution in [2.45, 2.75) is 297 Å². The Bertz CT molecular complexity index is 947. The van der Waals surface area contributed by atoms with Crippen LogP contribution in [0, 0.1) is 0 Å². The zero-order chi connectivity index (χ0) is 44.2. The maximum absolute atomic E-state index is 3.17. The predicted molar refractivity (Wildman–Crippen MR) is 288 cm³/mol. The molecule has 2 aliphatic carbocycles. The molecule has 0 aromatic carbocycles. The molecule has 2 aliphatic rings. The summed E-state index contributed by atoms with van der Waals surface area (Å²) in [5.41, 5.74) is 0. The summed E-state index contributed by atoms with van der Waals surface area (Å²) in [6, 6.07) is 0. The summed E-state index contributed by atoms with van der Waals surface area (Å²) in [6.07, 6.45) is 74.7. The molecular weight excluding hydrogens is 787 g/mol. The van der Waals surface area contributed by atoms with Gasteiger partial charge in [-0.25, -0.2) is 0 Å². The minimum Gasteiger partial charge on any atom is -0.274 e. The SMILES string of the molecule is CCCCCCCCCCCCN(CCCCCCCCCCCC)P(C1=CC=CC1)P(C1=CC=CC1)N(CCCCCCCCCCCC)CCCCCCCCCCCC. The van der Waals surface area contributed by atoms with Crippen LogP contribution in [0.25, 0.3) is 0 Å². The summed E-state index contributed by atoms with van der Waals surface area (Å²) in [5.74, 6) is 0. The molecule has 2 nitrogen and oxygen atoms in total. The Labute approximate surface area is 393 Å². The third kappa shape index (κ3) is 30.9. The molecule has 0 amide bonds. The van der Waals surface area contributed by atoms with Crippen LogP contribution in [0.3, 0.4) is 0 Å². The molecule has 0 aromatic rings. The minimum absolute atomic E-state index is 0.373.